The number of aliphatic hydroxyl groups is 2. The van der Waals surface area contributed by atoms with E-state index < -0.39 is 26.1 Å². The van der Waals surface area contributed by atoms with Crippen LogP contribution in [0.5, 0.6) is 0 Å². The lowest BCUT2D eigenvalue weighted by Crippen LogP contribution is -2.41. The molecule has 1 rings (SSSR count). The van der Waals surface area contributed by atoms with E-state index in [2.05, 4.69) is 4.52 Å². The van der Waals surface area contributed by atoms with Crippen LogP contribution in [0.2, 0.25) is 0 Å². The summed E-state index contributed by atoms with van der Waals surface area (Å²) in [6.07, 6.45) is -1.83. The second-order valence-corrected chi connectivity index (χ2v) is 4.05. The van der Waals surface area contributed by atoms with E-state index in [1.165, 1.54) is 6.92 Å². The van der Waals surface area contributed by atoms with Gasteiger partial charge in [0, 0.05) is 0 Å². The summed E-state index contributed by atoms with van der Waals surface area (Å²) in [6, 6.07) is 0. The highest BCUT2D eigenvalue weighted by atomic mass is 31.1. The summed E-state index contributed by atoms with van der Waals surface area (Å²) >= 11 is 0. The number of hydrogen-bond donors (Lipinski definition) is 3. The lowest BCUT2D eigenvalue weighted by molar-refractivity contribution is -0.0417. The van der Waals surface area contributed by atoms with Crippen molar-refractivity contribution in [3.8, 4) is 0 Å². The summed E-state index contributed by atoms with van der Waals surface area (Å²) in [4.78, 5) is 8.35. The maximum absolute atomic E-state index is 10.2. The molecule has 3 unspecified atom stereocenters. The zero-order valence-corrected chi connectivity index (χ0v) is 8.14. The summed E-state index contributed by atoms with van der Waals surface area (Å²) < 4.78 is 19.6. The minimum absolute atomic E-state index is 0.00540. The zero-order chi connectivity index (χ0) is 10.1. The zero-order valence-electron chi connectivity index (χ0n) is 7.14. The third-order valence-corrected chi connectivity index (χ3v) is 2.36. The van der Waals surface area contributed by atoms with Crippen LogP contribution < -0.4 is 0 Å². The third-order valence-electron chi connectivity index (χ3n) is 1.95. The van der Waals surface area contributed by atoms with Crippen molar-refractivity contribution in [3.63, 3.8) is 0 Å². The molecule has 1 heterocycles. The van der Waals surface area contributed by atoms with Crippen molar-refractivity contribution in [1.29, 1.82) is 0 Å². The second-order valence-electron chi connectivity index (χ2n) is 3.23. The van der Waals surface area contributed by atoms with Gasteiger partial charge in [-0.2, -0.15) is 0 Å². The normalized spacial score (nSPS) is 42.2. The molecule has 1 fully saturated rings. The Kier molecular flexibility index (Phi) is 3.45. The van der Waals surface area contributed by atoms with Crippen molar-refractivity contribution in [1.82, 2.24) is 0 Å². The van der Waals surface area contributed by atoms with Crippen molar-refractivity contribution in [2.24, 2.45) is 0 Å². The van der Waals surface area contributed by atoms with Gasteiger partial charge >= 0.3 is 8.25 Å². The van der Waals surface area contributed by atoms with Crippen LogP contribution in [0, 0.1) is 0 Å². The van der Waals surface area contributed by atoms with Gasteiger partial charge in [-0.15, -0.1) is 0 Å². The van der Waals surface area contributed by atoms with E-state index in [0.29, 0.717) is 0 Å². The van der Waals surface area contributed by atoms with Gasteiger partial charge in [0.25, 0.3) is 0 Å². The van der Waals surface area contributed by atoms with Crippen molar-refractivity contribution >= 4 is 8.25 Å². The van der Waals surface area contributed by atoms with Crippen LogP contribution >= 0.6 is 8.25 Å². The average Bonchev–Trinajstić information content (AvgIpc) is 2.25. The van der Waals surface area contributed by atoms with Gasteiger partial charge < -0.3 is 24.4 Å². The predicted molar refractivity (Wildman–Crippen MR) is 43.5 cm³/mol. The van der Waals surface area contributed by atoms with Crippen molar-refractivity contribution in [3.05, 3.63) is 0 Å². The molecule has 3 N–H and O–H groups in total. The first-order chi connectivity index (χ1) is 5.93. The molecule has 1 aliphatic rings. The number of aliphatic hydroxyl groups excluding tert-OH is 1. The maximum Gasteiger partial charge on any atom is 0.316 e. The molecule has 7 heteroatoms. The summed E-state index contributed by atoms with van der Waals surface area (Å²) in [6.45, 7) is 1.24. The first-order valence-electron chi connectivity index (χ1n) is 3.81. The Labute approximate surface area is 76.0 Å². The number of hydrogen-bond acceptors (Lipinski definition) is 5. The van der Waals surface area contributed by atoms with E-state index in [1.54, 1.807) is 0 Å². The molecular weight excluding hydrogens is 199 g/mol. The van der Waals surface area contributed by atoms with Gasteiger partial charge in [0.05, 0.1) is 13.2 Å². The summed E-state index contributed by atoms with van der Waals surface area (Å²) in [5, 5.41) is 18.8. The highest BCUT2D eigenvalue weighted by Crippen LogP contribution is 2.26. The molecule has 0 aromatic carbocycles. The highest BCUT2D eigenvalue weighted by molar-refractivity contribution is 7.32. The van der Waals surface area contributed by atoms with E-state index in [9.17, 15) is 14.8 Å². The van der Waals surface area contributed by atoms with Gasteiger partial charge in [0.2, 0.25) is 0 Å². The van der Waals surface area contributed by atoms with Gasteiger partial charge in [-0.25, -0.2) is 0 Å². The van der Waals surface area contributed by atoms with E-state index in [0.717, 1.165) is 0 Å². The minimum atomic E-state index is -3.00. The van der Waals surface area contributed by atoms with Gasteiger partial charge in [0.15, 0.2) is 0 Å². The van der Waals surface area contributed by atoms with E-state index in [1.807, 2.05) is 0 Å². The van der Waals surface area contributed by atoms with Gasteiger partial charge in [0.1, 0.15) is 17.8 Å². The fourth-order valence-corrected chi connectivity index (χ4v) is 1.45. The van der Waals surface area contributed by atoms with E-state index >= 15 is 0 Å². The Bertz CT molecular complexity index is 205. The molecule has 0 aromatic heterocycles. The molecule has 0 bridgehead atoms. The Morgan fingerprint density at radius 1 is 1.77 bits per heavy atom. The SMILES string of the molecule is CC1(O)CO[C@H](CO[PH](=O)O)C1O. The van der Waals surface area contributed by atoms with Gasteiger partial charge in [-0.05, 0) is 6.92 Å². The monoisotopic (exact) mass is 212 g/mol. The molecule has 1 saturated heterocycles. The molecule has 0 aromatic rings. The molecule has 0 saturated carbocycles. The lowest BCUT2D eigenvalue weighted by Gasteiger charge is -2.20. The molecule has 0 radical (unpaired) electrons. The van der Waals surface area contributed by atoms with Crippen LogP contribution in [0.15, 0.2) is 0 Å². The maximum atomic E-state index is 10.2. The standard InChI is InChI=1S/C6H13O6P/c1-6(8)3-11-4(5(6)7)2-12-13(9)10/h4-5,7-8,13H,2-3H2,1H3,(H,9,10)/t4-,5?,6?/m1/s1. The molecule has 1 aliphatic heterocycles. The predicted octanol–water partition coefficient (Wildman–Crippen LogP) is -1.10. The fourth-order valence-electron chi connectivity index (χ4n) is 1.15. The first kappa shape index (κ1) is 11.1. The van der Waals surface area contributed by atoms with E-state index in [-0.39, 0.29) is 13.2 Å². The molecule has 6 nitrogen and oxygen atoms in total. The Morgan fingerprint density at radius 2 is 2.38 bits per heavy atom. The van der Waals surface area contributed by atoms with E-state index in [4.69, 9.17) is 9.63 Å². The van der Waals surface area contributed by atoms with Crippen molar-refractivity contribution in [2.75, 3.05) is 13.2 Å². The first-order valence-corrected chi connectivity index (χ1v) is 5.07. The van der Waals surface area contributed by atoms with Gasteiger partial charge in [-0.3, -0.25) is 4.57 Å². The average molecular weight is 212 g/mol. The van der Waals surface area contributed by atoms with Gasteiger partial charge in [-0.1, -0.05) is 0 Å². The quantitative estimate of drug-likeness (QED) is 0.513. The molecule has 0 amide bonds. The molecule has 0 spiro atoms. The molecule has 13 heavy (non-hydrogen) atoms. The Hall–Kier alpha value is 0.0300. The lowest BCUT2D eigenvalue weighted by atomic mass is 10.00. The van der Waals surface area contributed by atoms with Crippen LogP contribution in [-0.4, -0.2) is 46.1 Å². The number of ether oxygens (including phenoxy) is 1. The topological polar surface area (TPSA) is 96.2 Å². The number of rotatable bonds is 3. The summed E-state index contributed by atoms with van der Waals surface area (Å²) in [5.41, 5.74) is -1.31. The molecule has 4 atom stereocenters. The van der Waals surface area contributed by atoms with Crippen LogP contribution in [0.1, 0.15) is 6.92 Å². The summed E-state index contributed by atoms with van der Waals surface area (Å²) in [5.74, 6) is 0. The van der Waals surface area contributed by atoms with Crippen LogP contribution in [0.25, 0.3) is 0 Å². The molecular formula is C6H13O6P. The Balaban J connectivity index is 2.42. The Morgan fingerprint density at radius 3 is 2.77 bits per heavy atom. The van der Waals surface area contributed by atoms with Crippen LogP contribution in [0.3, 0.4) is 0 Å². The summed E-state index contributed by atoms with van der Waals surface area (Å²) in [7, 11) is -3.00. The molecule has 78 valence electrons. The van der Waals surface area contributed by atoms with Crippen LogP contribution in [0.4, 0.5) is 0 Å². The van der Waals surface area contributed by atoms with Crippen molar-refractivity contribution in [2.45, 2.75) is 24.7 Å². The third kappa shape index (κ3) is 2.74. The highest BCUT2D eigenvalue weighted by Gasteiger charge is 2.44. The largest absolute Gasteiger partial charge is 0.387 e. The second kappa shape index (κ2) is 4.04. The smallest absolute Gasteiger partial charge is 0.316 e. The fraction of sp³-hybridized carbons (Fsp3) is 1.00. The van der Waals surface area contributed by atoms with Crippen molar-refractivity contribution < 1.29 is 28.9 Å². The van der Waals surface area contributed by atoms with Crippen LogP contribution in [-0.2, 0) is 13.8 Å². The molecule has 0 aliphatic carbocycles. The minimum Gasteiger partial charge on any atom is -0.387 e.